The summed E-state index contributed by atoms with van der Waals surface area (Å²) in [5, 5.41) is 10.0. The average Bonchev–Trinajstić information content (AvgIpc) is 2.99. The van der Waals surface area contributed by atoms with Gasteiger partial charge in [0.2, 0.25) is 0 Å². The predicted octanol–water partition coefficient (Wildman–Crippen LogP) is 1.01. The molecule has 2 aliphatic rings. The number of benzene rings is 1. The van der Waals surface area contributed by atoms with Crippen LogP contribution in [0.4, 0.5) is 0 Å². The van der Waals surface area contributed by atoms with Gasteiger partial charge in [-0.3, -0.25) is 0 Å². The van der Waals surface area contributed by atoms with Crippen molar-refractivity contribution in [3.63, 3.8) is 0 Å². The second kappa shape index (κ2) is 5.96. The van der Waals surface area contributed by atoms with Crippen LogP contribution in [0, 0.1) is 0 Å². The van der Waals surface area contributed by atoms with Gasteiger partial charge in [0.1, 0.15) is 12.2 Å². The third-order valence-corrected chi connectivity index (χ3v) is 3.81. The van der Waals surface area contributed by atoms with E-state index in [1.54, 1.807) is 13.8 Å². The third-order valence-electron chi connectivity index (χ3n) is 3.81. The monoisotopic (exact) mass is 308 g/mol. The molecule has 2 fully saturated rings. The van der Waals surface area contributed by atoms with Crippen molar-refractivity contribution >= 4 is 5.97 Å². The molecular weight excluding hydrogens is 288 g/mol. The summed E-state index contributed by atoms with van der Waals surface area (Å²) >= 11 is 0. The molecule has 2 saturated heterocycles. The van der Waals surface area contributed by atoms with Crippen LogP contribution in [0.3, 0.4) is 0 Å². The molecule has 0 radical (unpaired) electrons. The molecular formula is C16H20O6. The van der Waals surface area contributed by atoms with Crippen molar-refractivity contribution in [2.24, 2.45) is 0 Å². The number of aliphatic hydroxyl groups excluding tert-OH is 1. The maximum atomic E-state index is 11.7. The van der Waals surface area contributed by atoms with E-state index < -0.39 is 36.2 Å². The number of hydrogen-bond acceptors (Lipinski definition) is 6. The first-order chi connectivity index (χ1) is 10.5. The largest absolute Gasteiger partial charge is 0.455 e. The van der Waals surface area contributed by atoms with Crippen molar-refractivity contribution in [3.8, 4) is 0 Å². The van der Waals surface area contributed by atoms with Gasteiger partial charge in [-0.2, -0.15) is 0 Å². The summed E-state index contributed by atoms with van der Waals surface area (Å²) in [6.45, 7) is 4.16. The predicted molar refractivity (Wildman–Crippen MR) is 75.8 cm³/mol. The number of cyclic esters (lactones) is 1. The first-order valence-electron chi connectivity index (χ1n) is 7.32. The zero-order valence-electron chi connectivity index (χ0n) is 12.6. The van der Waals surface area contributed by atoms with Crippen LogP contribution in [0.2, 0.25) is 0 Å². The molecule has 2 aliphatic heterocycles. The lowest BCUT2D eigenvalue weighted by Crippen LogP contribution is -2.42. The summed E-state index contributed by atoms with van der Waals surface area (Å²) in [7, 11) is 0. The second-order valence-electron chi connectivity index (χ2n) is 5.97. The lowest BCUT2D eigenvalue weighted by atomic mass is 10.1. The number of carbonyl (C=O) groups excluding carboxylic acids is 1. The molecule has 0 unspecified atom stereocenters. The van der Waals surface area contributed by atoms with Crippen molar-refractivity contribution < 1.29 is 28.8 Å². The van der Waals surface area contributed by atoms with E-state index in [4.69, 9.17) is 18.9 Å². The first kappa shape index (κ1) is 15.4. The highest BCUT2D eigenvalue weighted by Crippen LogP contribution is 2.31. The van der Waals surface area contributed by atoms with Crippen LogP contribution >= 0.6 is 0 Å². The zero-order chi connectivity index (χ0) is 15.7. The van der Waals surface area contributed by atoms with E-state index in [9.17, 15) is 9.90 Å². The van der Waals surface area contributed by atoms with Crippen LogP contribution < -0.4 is 0 Å². The molecule has 3 rings (SSSR count). The number of carbonyl (C=O) groups is 1. The number of esters is 1. The van der Waals surface area contributed by atoms with Gasteiger partial charge in [-0.25, -0.2) is 4.79 Å². The molecule has 2 heterocycles. The fraction of sp³-hybridized carbons (Fsp3) is 0.562. The molecule has 1 aromatic carbocycles. The van der Waals surface area contributed by atoms with Gasteiger partial charge in [0.05, 0.1) is 13.2 Å². The van der Waals surface area contributed by atoms with E-state index in [1.807, 2.05) is 30.3 Å². The number of rotatable bonds is 4. The Morgan fingerprint density at radius 3 is 2.68 bits per heavy atom. The molecule has 0 saturated carbocycles. The Bertz CT molecular complexity index is 529. The Kier molecular flexibility index (Phi) is 4.18. The number of ether oxygens (including phenoxy) is 4. The molecule has 6 heteroatoms. The van der Waals surface area contributed by atoms with Crippen molar-refractivity contribution in [2.75, 3.05) is 6.61 Å². The molecule has 0 bridgehead atoms. The maximum Gasteiger partial charge on any atom is 0.338 e. The zero-order valence-corrected chi connectivity index (χ0v) is 12.6. The van der Waals surface area contributed by atoms with Gasteiger partial charge in [-0.15, -0.1) is 0 Å². The highest BCUT2D eigenvalue weighted by Gasteiger charge is 2.52. The van der Waals surface area contributed by atoms with Crippen LogP contribution in [0.25, 0.3) is 0 Å². The van der Waals surface area contributed by atoms with Crippen molar-refractivity contribution in [2.45, 2.75) is 50.7 Å². The topological polar surface area (TPSA) is 74.2 Å². The molecule has 1 aromatic rings. The smallest absolute Gasteiger partial charge is 0.338 e. The molecule has 0 amide bonds. The Balaban J connectivity index is 1.68. The van der Waals surface area contributed by atoms with E-state index in [0.717, 1.165) is 5.56 Å². The van der Waals surface area contributed by atoms with Crippen LogP contribution in [-0.2, 0) is 30.3 Å². The fourth-order valence-electron chi connectivity index (χ4n) is 2.70. The van der Waals surface area contributed by atoms with Crippen molar-refractivity contribution in [3.05, 3.63) is 35.9 Å². The molecule has 1 N–H and O–H groups in total. The Morgan fingerprint density at radius 1 is 1.32 bits per heavy atom. The Hall–Kier alpha value is -1.47. The van der Waals surface area contributed by atoms with Gasteiger partial charge in [-0.1, -0.05) is 30.3 Å². The van der Waals surface area contributed by atoms with E-state index in [1.165, 1.54) is 0 Å². The maximum absolute atomic E-state index is 11.7. The molecule has 0 aliphatic carbocycles. The minimum absolute atomic E-state index is 0.284. The Morgan fingerprint density at radius 2 is 2.05 bits per heavy atom. The number of aliphatic hydroxyl groups is 1. The normalized spacial score (nSPS) is 33.9. The lowest BCUT2D eigenvalue weighted by molar-refractivity contribution is -0.169. The second-order valence-corrected chi connectivity index (χ2v) is 5.97. The van der Waals surface area contributed by atoms with E-state index >= 15 is 0 Å². The van der Waals surface area contributed by atoms with Gasteiger partial charge in [0.25, 0.3) is 0 Å². The van der Waals surface area contributed by atoms with Gasteiger partial charge < -0.3 is 24.1 Å². The third kappa shape index (κ3) is 3.15. The minimum atomic E-state index is -1.30. The minimum Gasteiger partial charge on any atom is -0.455 e. The Labute approximate surface area is 128 Å². The van der Waals surface area contributed by atoms with Crippen LogP contribution in [0.15, 0.2) is 30.3 Å². The summed E-state index contributed by atoms with van der Waals surface area (Å²) < 4.78 is 22.2. The van der Waals surface area contributed by atoms with E-state index in [-0.39, 0.29) is 6.61 Å². The fourth-order valence-corrected chi connectivity index (χ4v) is 2.70. The van der Waals surface area contributed by atoms with Crippen molar-refractivity contribution in [1.29, 1.82) is 0 Å². The molecule has 120 valence electrons. The molecule has 4 atom stereocenters. The summed E-state index contributed by atoms with van der Waals surface area (Å²) in [5.41, 5.74) is 0.955. The average molecular weight is 308 g/mol. The van der Waals surface area contributed by atoms with Gasteiger partial charge >= 0.3 is 5.97 Å². The molecule has 6 nitrogen and oxygen atoms in total. The summed E-state index contributed by atoms with van der Waals surface area (Å²) in [6, 6.07) is 9.54. The number of hydrogen-bond donors (Lipinski definition) is 1. The van der Waals surface area contributed by atoms with Crippen LogP contribution in [0.5, 0.6) is 0 Å². The highest BCUT2D eigenvalue weighted by molar-refractivity contribution is 5.78. The van der Waals surface area contributed by atoms with Crippen LogP contribution in [-0.4, -0.2) is 47.9 Å². The van der Waals surface area contributed by atoms with Gasteiger partial charge in [0.15, 0.2) is 18.0 Å². The summed E-state index contributed by atoms with van der Waals surface area (Å²) in [6.07, 6.45) is -3.19. The first-order valence-corrected chi connectivity index (χ1v) is 7.32. The van der Waals surface area contributed by atoms with E-state index in [2.05, 4.69) is 0 Å². The molecule has 22 heavy (non-hydrogen) atoms. The summed E-state index contributed by atoms with van der Waals surface area (Å²) in [5.74, 6) is -1.41. The standard InChI is InChI=1S/C16H20O6/c1-16(2)20-9-11(22-16)13-14(12(17)15(18)21-13)19-8-10-6-4-3-5-7-10/h3-7,11-14,17H,8-9H2,1-2H3/t11-,12-,13-,14-/m1/s1. The molecule has 0 aromatic heterocycles. The SMILES string of the molecule is CC1(C)OC[C@H]([C@H]2OC(=O)[C@H](O)[C@H]2OCc2ccccc2)O1. The van der Waals surface area contributed by atoms with Gasteiger partial charge in [-0.05, 0) is 19.4 Å². The summed E-state index contributed by atoms with van der Waals surface area (Å²) in [4.78, 5) is 11.7. The van der Waals surface area contributed by atoms with E-state index in [0.29, 0.717) is 6.61 Å². The van der Waals surface area contributed by atoms with Crippen molar-refractivity contribution in [1.82, 2.24) is 0 Å². The molecule has 0 spiro atoms. The van der Waals surface area contributed by atoms with Crippen LogP contribution in [0.1, 0.15) is 19.4 Å². The van der Waals surface area contributed by atoms with Gasteiger partial charge in [0, 0.05) is 0 Å². The highest BCUT2D eigenvalue weighted by atomic mass is 16.8. The lowest BCUT2D eigenvalue weighted by Gasteiger charge is -2.24. The quantitative estimate of drug-likeness (QED) is 0.837.